The summed E-state index contributed by atoms with van der Waals surface area (Å²) in [7, 11) is 4.36. The first kappa shape index (κ1) is 26.4. The fraction of sp³-hybridized carbons (Fsp3) is 0.214. The van der Waals surface area contributed by atoms with Crippen LogP contribution in [0.25, 0.3) is 5.76 Å². The molecule has 3 aromatic carbocycles. The van der Waals surface area contributed by atoms with Gasteiger partial charge in [-0.15, -0.1) is 0 Å². The van der Waals surface area contributed by atoms with Crippen LogP contribution in [0, 0.1) is 0 Å². The van der Waals surface area contributed by atoms with Gasteiger partial charge in [-0.05, 0) is 29.7 Å². The maximum Gasteiger partial charge on any atom is 0.300 e. The molecule has 37 heavy (non-hydrogen) atoms. The number of anilines is 1. The summed E-state index contributed by atoms with van der Waals surface area (Å²) >= 11 is 12.5. The third-order valence-electron chi connectivity index (χ3n) is 6.23. The second-order valence-electron chi connectivity index (χ2n) is 8.30. The first-order valence-electron chi connectivity index (χ1n) is 11.4. The summed E-state index contributed by atoms with van der Waals surface area (Å²) in [5.74, 6) is -1.17. The number of hydrogen-bond acceptors (Lipinski definition) is 6. The highest BCUT2D eigenvalue weighted by Gasteiger charge is 2.47. The predicted octanol–water partition coefficient (Wildman–Crippen LogP) is 6.21. The van der Waals surface area contributed by atoms with Gasteiger partial charge in [-0.25, -0.2) is 0 Å². The number of ether oxygens (including phenoxy) is 3. The van der Waals surface area contributed by atoms with Gasteiger partial charge in [0.05, 0.1) is 49.2 Å². The number of hydrogen-bond donors (Lipinski definition) is 1. The maximum atomic E-state index is 13.5. The standard InChI is InChI=1S/C28H25Cl2NO6/c1-5-15-6-8-16(9-7-15)24-23(25(32)21-10-17(29)11-22(30)27(21)37-4)26(33)28(34)31(24)18-12-19(35-2)14-20(13-18)36-3/h6-14,24,32H,5H2,1-4H3/b25-23+. The lowest BCUT2D eigenvalue weighted by atomic mass is 9.94. The summed E-state index contributed by atoms with van der Waals surface area (Å²) in [6.07, 6.45) is 0.811. The smallest absolute Gasteiger partial charge is 0.300 e. The molecule has 1 aliphatic heterocycles. The number of methoxy groups -OCH3 is 3. The number of ketones is 1. The van der Waals surface area contributed by atoms with Crippen LogP contribution in [0.4, 0.5) is 5.69 Å². The normalized spacial score (nSPS) is 16.7. The van der Waals surface area contributed by atoms with Crippen LogP contribution in [0.2, 0.25) is 10.0 Å². The number of amides is 1. The average molecular weight is 542 g/mol. The third-order valence-corrected chi connectivity index (χ3v) is 6.73. The predicted molar refractivity (Wildman–Crippen MR) is 143 cm³/mol. The Hall–Kier alpha value is -3.68. The van der Waals surface area contributed by atoms with Crippen LogP contribution in [0.3, 0.4) is 0 Å². The first-order chi connectivity index (χ1) is 17.7. The molecule has 0 aromatic heterocycles. The fourth-order valence-electron chi connectivity index (χ4n) is 4.37. The lowest BCUT2D eigenvalue weighted by Gasteiger charge is -2.26. The van der Waals surface area contributed by atoms with Crippen molar-refractivity contribution in [3.05, 3.63) is 86.9 Å². The van der Waals surface area contributed by atoms with E-state index in [9.17, 15) is 14.7 Å². The molecule has 0 radical (unpaired) electrons. The Balaban J connectivity index is 2.02. The van der Waals surface area contributed by atoms with E-state index in [-0.39, 0.29) is 26.9 Å². The second kappa shape index (κ2) is 10.7. The highest BCUT2D eigenvalue weighted by Crippen LogP contribution is 2.46. The highest BCUT2D eigenvalue weighted by atomic mass is 35.5. The zero-order valence-electron chi connectivity index (χ0n) is 20.7. The zero-order chi connectivity index (χ0) is 26.9. The zero-order valence-corrected chi connectivity index (χ0v) is 22.2. The van der Waals surface area contributed by atoms with Crippen molar-refractivity contribution in [3.8, 4) is 17.2 Å². The van der Waals surface area contributed by atoms with E-state index in [0.29, 0.717) is 22.7 Å². The molecule has 9 heteroatoms. The topological polar surface area (TPSA) is 85.3 Å². The van der Waals surface area contributed by atoms with Gasteiger partial charge in [0.25, 0.3) is 11.7 Å². The van der Waals surface area contributed by atoms with Gasteiger partial charge in [-0.2, -0.15) is 0 Å². The molecule has 1 N–H and O–H groups in total. The molecular formula is C28H25Cl2NO6. The second-order valence-corrected chi connectivity index (χ2v) is 9.15. The largest absolute Gasteiger partial charge is 0.507 e. The summed E-state index contributed by atoms with van der Waals surface area (Å²) < 4.78 is 16.2. The Labute approximate surface area is 224 Å². The molecule has 1 unspecified atom stereocenters. The van der Waals surface area contributed by atoms with E-state index in [2.05, 4.69) is 0 Å². The van der Waals surface area contributed by atoms with Crippen LogP contribution in [-0.2, 0) is 16.0 Å². The molecular weight excluding hydrogens is 517 g/mol. The van der Waals surface area contributed by atoms with Crippen molar-refractivity contribution in [1.29, 1.82) is 0 Å². The van der Waals surface area contributed by atoms with Gasteiger partial charge in [0.2, 0.25) is 0 Å². The monoisotopic (exact) mass is 541 g/mol. The number of Topliss-reactive ketones (excluding diaryl/α,β-unsaturated/α-hetero) is 1. The first-order valence-corrected chi connectivity index (χ1v) is 12.2. The number of carbonyl (C=O) groups is 2. The van der Waals surface area contributed by atoms with Gasteiger partial charge >= 0.3 is 0 Å². The molecule has 0 saturated carbocycles. The Bertz CT molecular complexity index is 1380. The van der Waals surface area contributed by atoms with Crippen LogP contribution < -0.4 is 19.1 Å². The number of aryl methyl sites for hydroxylation is 1. The Morgan fingerprint density at radius 1 is 0.919 bits per heavy atom. The van der Waals surface area contributed by atoms with E-state index in [1.54, 1.807) is 18.2 Å². The molecule has 1 amide bonds. The van der Waals surface area contributed by atoms with Crippen molar-refractivity contribution < 1.29 is 28.9 Å². The van der Waals surface area contributed by atoms with Crippen molar-refractivity contribution in [2.45, 2.75) is 19.4 Å². The van der Waals surface area contributed by atoms with Gasteiger partial charge < -0.3 is 19.3 Å². The van der Waals surface area contributed by atoms with E-state index < -0.39 is 23.5 Å². The van der Waals surface area contributed by atoms with Crippen molar-refractivity contribution in [1.82, 2.24) is 0 Å². The van der Waals surface area contributed by atoms with Crippen molar-refractivity contribution in [2.75, 3.05) is 26.2 Å². The van der Waals surface area contributed by atoms with Gasteiger partial charge in [-0.3, -0.25) is 14.5 Å². The van der Waals surface area contributed by atoms with Gasteiger partial charge in [0.1, 0.15) is 23.0 Å². The number of carbonyl (C=O) groups excluding carboxylic acids is 2. The van der Waals surface area contributed by atoms with E-state index >= 15 is 0 Å². The van der Waals surface area contributed by atoms with Gasteiger partial charge in [0.15, 0.2) is 0 Å². The van der Waals surface area contributed by atoms with Crippen molar-refractivity contribution >= 4 is 46.3 Å². The minimum absolute atomic E-state index is 0.0939. The highest BCUT2D eigenvalue weighted by molar-refractivity contribution is 6.52. The minimum atomic E-state index is -0.967. The summed E-state index contributed by atoms with van der Waals surface area (Å²) in [4.78, 5) is 28.3. The van der Waals surface area contributed by atoms with E-state index in [0.717, 1.165) is 12.0 Å². The van der Waals surface area contributed by atoms with Crippen LogP contribution >= 0.6 is 23.2 Å². The van der Waals surface area contributed by atoms with Crippen LogP contribution in [0.15, 0.2) is 60.2 Å². The molecule has 1 fully saturated rings. The summed E-state index contributed by atoms with van der Waals surface area (Å²) in [6.45, 7) is 2.03. The van der Waals surface area contributed by atoms with Crippen molar-refractivity contribution in [2.24, 2.45) is 0 Å². The molecule has 1 atom stereocenters. The van der Waals surface area contributed by atoms with E-state index in [1.807, 2.05) is 31.2 Å². The lowest BCUT2D eigenvalue weighted by molar-refractivity contribution is -0.132. The van der Waals surface area contributed by atoms with Gasteiger partial charge in [-0.1, -0.05) is 54.4 Å². The third kappa shape index (κ3) is 4.84. The molecule has 4 rings (SSSR count). The lowest BCUT2D eigenvalue weighted by Crippen LogP contribution is -2.29. The molecule has 7 nitrogen and oxygen atoms in total. The van der Waals surface area contributed by atoms with Gasteiger partial charge in [0, 0.05) is 23.2 Å². The Kier molecular flexibility index (Phi) is 7.66. The minimum Gasteiger partial charge on any atom is -0.507 e. The number of nitrogens with zero attached hydrogens (tertiary/aromatic N) is 1. The summed E-state index contributed by atoms with van der Waals surface area (Å²) in [6, 6.07) is 14.3. The molecule has 192 valence electrons. The summed E-state index contributed by atoms with van der Waals surface area (Å²) in [5.41, 5.74) is 2.01. The average Bonchev–Trinajstić information content (AvgIpc) is 3.17. The SMILES string of the molecule is CCc1ccc(C2/C(=C(\O)c3cc(Cl)cc(Cl)c3OC)C(=O)C(=O)N2c2cc(OC)cc(OC)c2)cc1. The maximum absolute atomic E-state index is 13.5. The molecule has 3 aromatic rings. The number of aliphatic hydroxyl groups excluding tert-OH is 1. The number of halogens is 2. The molecule has 1 saturated heterocycles. The Morgan fingerprint density at radius 2 is 1.54 bits per heavy atom. The Morgan fingerprint density at radius 3 is 2.08 bits per heavy atom. The molecule has 1 heterocycles. The van der Waals surface area contributed by atoms with Crippen molar-refractivity contribution in [3.63, 3.8) is 0 Å². The fourth-order valence-corrected chi connectivity index (χ4v) is 4.94. The summed E-state index contributed by atoms with van der Waals surface area (Å²) in [5, 5.41) is 11.9. The molecule has 0 spiro atoms. The van der Waals surface area contributed by atoms with Crippen LogP contribution in [-0.4, -0.2) is 38.1 Å². The van der Waals surface area contributed by atoms with Crippen LogP contribution in [0.1, 0.15) is 29.7 Å². The number of rotatable bonds is 7. The number of benzene rings is 3. The van der Waals surface area contributed by atoms with E-state index in [4.69, 9.17) is 37.4 Å². The molecule has 1 aliphatic rings. The quantitative estimate of drug-likeness (QED) is 0.217. The van der Waals surface area contributed by atoms with E-state index in [1.165, 1.54) is 38.4 Å². The van der Waals surface area contributed by atoms with Crippen LogP contribution in [0.5, 0.6) is 17.2 Å². The molecule has 0 bridgehead atoms. The number of aliphatic hydroxyl groups is 1. The molecule has 0 aliphatic carbocycles.